The molecule has 1 atom stereocenters. The first kappa shape index (κ1) is 31.9. The van der Waals surface area contributed by atoms with Crippen LogP contribution in [0.25, 0.3) is 0 Å². The quantitative estimate of drug-likeness (QED) is 0.0974. The van der Waals surface area contributed by atoms with Crippen LogP contribution >= 0.6 is 0 Å². The normalized spacial score (nSPS) is 11.7. The van der Waals surface area contributed by atoms with E-state index in [-0.39, 0.29) is 37.5 Å². The summed E-state index contributed by atoms with van der Waals surface area (Å²) in [5, 5.41) is 12.6. The van der Waals surface area contributed by atoms with Crippen LogP contribution in [0.1, 0.15) is 34.2 Å². The zero-order valence-corrected chi connectivity index (χ0v) is 23.9. The summed E-state index contributed by atoms with van der Waals surface area (Å²) in [6.07, 6.45) is 3.83. The summed E-state index contributed by atoms with van der Waals surface area (Å²) >= 11 is 0. The number of nitrogens with zero attached hydrogens (tertiary/aromatic N) is 1. The fraction of sp³-hybridized carbons (Fsp3) is 0.276. The van der Waals surface area contributed by atoms with Crippen molar-refractivity contribution in [1.29, 1.82) is 5.41 Å². The van der Waals surface area contributed by atoms with Gasteiger partial charge in [-0.3, -0.25) is 24.8 Å². The van der Waals surface area contributed by atoms with Crippen molar-refractivity contribution >= 4 is 33.6 Å². The zero-order chi connectivity index (χ0) is 30.5. The van der Waals surface area contributed by atoms with E-state index in [4.69, 9.17) is 11.1 Å². The molecule has 0 saturated carbocycles. The largest absolute Gasteiger partial charge is 0.469 e. The van der Waals surface area contributed by atoms with E-state index in [1.807, 2.05) is 0 Å². The number of nitrogens with two attached hydrogens (primary N) is 1. The minimum absolute atomic E-state index is 0.0593. The maximum Gasteiger partial charge on any atom is 0.309 e. The molecule has 1 unspecified atom stereocenters. The summed E-state index contributed by atoms with van der Waals surface area (Å²) in [6.45, 7) is -0.150. The average Bonchev–Trinajstić information content (AvgIpc) is 2.98. The first-order valence-corrected chi connectivity index (χ1v) is 14.7. The summed E-state index contributed by atoms with van der Waals surface area (Å²) < 4.78 is 33.2. The van der Waals surface area contributed by atoms with Crippen LogP contribution in [-0.2, 0) is 54.3 Å². The highest BCUT2D eigenvalue weighted by molar-refractivity contribution is 7.88. The lowest BCUT2D eigenvalue weighted by molar-refractivity contribution is -0.139. The second-order valence-electron chi connectivity index (χ2n) is 9.50. The topological polar surface area (TPSA) is 193 Å². The van der Waals surface area contributed by atoms with Gasteiger partial charge in [0.05, 0.1) is 25.8 Å². The van der Waals surface area contributed by atoms with Crippen LogP contribution in [0.2, 0.25) is 0 Å². The number of hydrogen-bond donors (Lipinski definition) is 5. The Morgan fingerprint density at radius 1 is 0.905 bits per heavy atom. The Balaban J connectivity index is 1.60. The van der Waals surface area contributed by atoms with E-state index < -0.39 is 33.8 Å². The minimum atomic E-state index is -3.96. The Bertz CT molecular complexity index is 1480. The molecule has 222 valence electrons. The molecule has 0 aliphatic carbocycles. The van der Waals surface area contributed by atoms with Crippen LogP contribution in [0, 0.1) is 5.41 Å². The van der Waals surface area contributed by atoms with Crippen molar-refractivity contribution < 1.29 is 27.5 Å². The van der Waals surface area contributed by atoms with Gasteiger partial charge in [0.2, 0.25) is 21.8 Å². The van der Waals surface area contributed by atoms with Gasteiger partial charge in [0, 0.05) is 24.5 Å². The molecule has 3 aromatic rings. The lowest BCUT2D eigenvalue weighted by atomic mass is 10.1. The number of methoxy groups -OCH3 is 1. The number of benzene rings is 2. The molecule has 0 spiro atoms. The second kappa shape index (κ2) is 15.4. The maximum absolute atomic E-state index is 13.0. The molecular weight excluding hydrogens is 560 g/mol. The van der Waals surface area contributed by atoms with E-state index in [2.05, 4.69) is 25.1 Å². The predicted molar refractivity (Wildman–Crippen MR) is 157 cm³/mol. The van der Waals surface area contributed by atoms with Crippen molar-refractivity contribution in [3.8, 4) is 0 Å². The van der Waals surface area contributed by atoms with Crippen molar-refractivity contribution in [2.75, 3.05) is 13.7 Å². The molecule has 0 saturated heterocycles. The van der Waals surface area contributed by atoms with Gasteiger partial charge in [-0.05, 0) is 47.2 Å². The Morgan fingerprint density at radius 3 is 2.14 bits per heavy atom. The Labute approximate surface area is 244 Å². The standard InChI is InChI=1S/C29H34N6O6S/c1-41-27(37)16-21-2-4-23(5-3-21)19-42(39,40)35-25(11-8-20-12-14-32-15-13-20)29(38)34-18-26(36)33-17-22-6-9-24(10-7-22)28(30)31/h2-7,9-10,12-15,25,35H,8,11,16-19H2,1H3,(H3,30,31)(H,33,36)(H,34,38). The number of amides is 2. The molecule has 0 fully saturated rings. The number of nitrogens with one attached hydrogen (secondary N) is 4. The number of carbonyl (C=O) groups is 3. The van der Waals surface area contributed by atoms with Crippen LogP contribution in [0.5, 0.6) is 0 Å². The Morgan fingerprint density at radius 2 is 1.52 bits per heavy atom. The van der Waals surface area contributed by atoms with Crippen LogP contribution < -0.4 is 21.1 Å². The maximum atomic E-state index is 13.0. The van der Waals surface area contributed by atoms with Crippen molar-refractivity contribution in [3.05, 3.63) is 101 Å². The molecule has 2 amide bonds. The molecule has 0 radical (unpaired) electrons. The van der Waals surface area contributed by atoms with E-state index in [9.17, 15) is 22.8 Å². The number of pyridine rings is 1. The number of aryl methyl sites for hydroxylation is 1. The molecule has 6 N–H and O–H groups in total. The summed E-state index contributed by atoms with van der Waals surface area (Å²) in [5.74, 6) is -1.94. The lowest BCUT2D eigenvalue weighted by Gasteiger charge is -2.19. The third kappa shape index (κ3) is 10.7. The number of hydrogen-bond acceptors (Lipinski definition) is 8. The summed E-state index contributed by atoms with van der Waals surface area (Å²) in [7, 11) is -2.67. The number of nitrogen functional groups attached to an aromatic ring is 1. The van der Waals surface area contributed by atoms with Gasteiger partial charge in [-0.15, -0.1) is 0 Å². The number of amidine groups is 1. The van der Waals surface area contributed by atoms with Gasteiger partial charge in [0.1, 0.15) is 11.9 Å². The van der Waals surface area contributed by atoms with E-state index in [0.29, 0.717) is 23.1 Å². The van der Waals surface area contributed by atoms with Gasteiger partial charge in [0.25, 0.3) is 0 Å². The Kier molecular flexibility index (Phi) is 11.7. The summed E-state index contributed by atoms with van der Waals surface area (Å²) in [6, 6.07) is 15.7. The average molecular weight is 595 g/mol. The fourth-order valence-electron chi connectivity index (χ4n) is 3.93. The zero-order valence-electron chi connectivity index (χ0n) is 23.1. The highest BCUT2D eigenvalue weighted by Crippen LogP contribution is 2.11. The monoisotopic (exact) mass is 594 g/mol. The third-order valence-corrected chi connectivity index (χ3v) is 7.60. The van der Waals surface area contributed by atoms with E-state index >= 15 is 0 Å². The van der Waals surface area contributed by atoms with Crippen molar-refractivity contribution in [1.82, 2.24) is 20.3 Å². The molecule has 3 rings (SSSR count). The molecule has 12 nitrogen and oxygen atoms in total. The first-order chi connectivity index (χ1) is 20.0. The second-order valence-corrected chi connectivity index (χ2v) is 11.3. The number of carbonyl (C=O) groups excluding carboxylic acids is 3. The van der Waals surface area contributed by atoms with Gasteiger partial charge in [-0.2, -0.15) is 0 Å². The summed E-state index contributed by atoms with van der Waals surface area (Å²) in [4.78, 5) is 40.9. The Hall–Kier alpha value is -4.62. The van der Waals surface area contributed by atoms with Crippen LogP contribution in [0.3, 0.4) is 0 Å². The van der Waals surface area contributed by atoms with Crippen molar-refractivity contribution in [2.45, 2.75) is 37.6 Å². The highest BCUT2D eigenvalue weighted by Gasteiger charge is 2.25. The fourth-order valence-corrected chi connectivity index (χ4v) is 5.30. The molecule has 1 heterocycles. The van der Waals surface area contributed by atoms with Crippen LogP contribution in [0.4, 0.5) is 0 Å². The van der Waals surface area contributed by atoms with Gasteiger partial charge in [0.15, 0.2) is 0 Å². The first-order valence-electron chi connectivity index (χ1n) is 13.1. The van der Waals surface area contributed by atoms with Crippen molar-refractivity contribution in [3.63, 3.8) is 0 Å². The predicted octanol–water partition coefficient (Wildman–Crippen LogP) is 0.935. The lowest BCUT2D eigenvalue weighted by Crippen LogP contribution is -2.49. The number of sulfonamides is 1. The number of aromatic nitrogens is 1. The highest BCUT2D eigenvalue weighted by atomic mass is 32.2. The molecule has 13 heteroatoms. The molecule has 0 aliphatic heterocycles. The third-order valence-electron chi connectivity index (χ3n) is 6.24. The number of rotatable bonds is 15. The smallest absolute Gasteiger partial charge is 0.309 e. The van der Waals surface area contributed by atoms with Crippen LogP contribution in [0.15, 0.2) is 73.1 Å². The summed E-state index contributed by atoms with van der Waals surface area (Å²) in [5.41, 5.74) is 8.81. The minimum Gasteiger partial charge on any atom is -0.469 e. The van der Waals surface area contributed by atoms with E-state index in [0.717, 1.165) is 11.1 Å². The van der Waals surface area contributed by atoms with Gasteiger partial charge < -0.3 is 21.1 Å². The molecule has 0 aliphatic rings. The molecule has 1 aromatic heterocycles. The molecule has 0 bridgehead atoms. The van der Waals surface area contributed by atoms with Crippen molar-refractivity contribution in [2.24, 2.45) is 5.73 Å². The molecular formula is C29H34N6O6S. The SMILES string of the molecule is COC(=O)Cc1ccc(CS(=O)(=O)NC(CCc2ccncc2)C(=O)NCC(=O)NCc2ccc(C(=N)N)cc2)cc1. The van der Waals surface area contributed by atoms with E-state index in [1.165, 1.54) is 7.11 Å². The van der Waals surface area contributed by atoms with Gasteiger partial charge in [-0.25, -0.2) is 13.1 Å². The number of ether oxygens (including phenoxy) is 1. The van der Waals surface area contributed by atoms with Crippen LogP contribution in [-0.4, -0.2) is 56.7 Å². The van der Waals surface area contributed by atoms with Gasteiger partial charge in [-0.1, -0.05) is 48.5 Å². The molecule has 2 aromatic carbocycles. The molecule has 42 heavy (non-hydrogen) atoms. The van der Waals surface area contributed by atoms with Gasteiger partial charge >= 0.3 is 5.97 Å². The number of esters is 1. The van der Waals surface area contributed by atoms with E-state index in [1.54, 1.807) is 73.1 Å².